The molecule has 1 heterocycles. The molecule has 2 N–H and O–H groups in total. The van der Waals surface area contributed by atoms with Gasteiger partial charge in [-0.3, -0.25) is 9.89 Å². The Morgan fingerprint density at radius 1 is 1.17 bits per heavy atom. The van der Waals surface area contributed by atoms with Gasteiger partial charge < -0.3 is 25.0 Å². The lowest BCUT2D eigenvalue weighted by Gasteiger charge is -2.37. The predicted molar refractivity (Wildman–Crippen MR) is 118 cm³/mol. The van der Waals surface area contributed by atoms with E-state index in [1.54, 1.807) is 7.11 Å². The summed E-state index contributed by atoms with van der Waals surface area (Å²) in [5.41, 5.74) is 1.09. The van der Waals surface area contributed by atoms with Crippen LogP contribution in [0.3, 0.4) is 0 Å². The van der Waals surface area contributed by atoms with E-state index in [0.717, 1.165) is 62.0 Å². The van der Waals surface area contributed by atoms with Crippen molar-refractivity contribution in [3.8, 4) is 11.5 Å². The number of nitrogens with one attached hydrogen (secondary N) is 2. The van der Waals surface area contributed by atoms with Crippen LogP contribution in [0.15, 0.2) is 23.2 Å². The van der Waals surface area contributed by atoms with Crippen molar-refractivity contribution in [1.82, 2.24) is 20.4 Å². The second-order valence-electron chi connectivity index (χ2n) is 8.18. The third-order valence-electron chi connectivity index (χ3n) is 6.02. The number of guanidine groups is 1. The highest BCUT2D eigenvalue weighted by Crippen LogP contribution is 2.34. The first-order chi connectivity index (χ1) is 14.1. The summed E-state index contributed by atoms with van der Waals surface area (Å²) in [7, 11) is 7.89. The zero-order valence-corrected chi connectivity index (χ0v) is 18.4. The second kappa shape index (κ2) is 10.7. The Labute approximate surface area is 175 Å². The second-order valence-corrected chi connectivity index (χ2v) is 8.18. The van der Waals surface area contributed by atoms with Gasteiger partial charge in [0.2, 0.25) is 0 Å². The van der Waals surface area contributed by atoms with Crippen molar-refractivity contribution < 1.29 is 9.47 Å². The minimum Gasteiger partial charge on any atom is -0.493 e. The van der Waals surface area contributed by atoms with Crippen molar-refractivity contribution in [2.24, 2.45) is 4.99 Å². The van der Waals surface area contributed by atoms with Crippen LogP contribution in [-0.4, -0.2) is 82.3 Å². The maximum absolute atomic E-state index is 6.34. The van der Waals surface area contributed by atoms with Gasteiger partial charge in [0.25, 0.3) is 0 Å². The number of piperazine rings is 1. The van der Waals surface area contributed by atoms with Crippen LogP contribution in [-0.2, 0) is 6.54 Å². The molecule has 3 rings (SSSR count). The molecule has 7 nitrogen and oxygen atoms in total. The van der Waals surface area contributed by atoms with Crippen molar-refractivity contribution in [1.29, 1.82) is 0 Å². The van der Waals surface area contributed by atoms with Crippen LogP contribution in [0.5, 0.6) is 11.5 Å². The average molecular weight is 404 g/mol. The Bertz CT molecular complexity index is 675. The van der Waals surface area contributed by atoms with Gasteiger partial charge >= 0.3 is 0 Å². The van der Waals surface area contributed by atoms with Crippen molar-refractivity contribution >= 4 is 5.96 Å². The van der Waals surface area contributed by atoms with Crippen LogP contribution in [0.1, 0.15) is 31.2 Å². The maximum atomic E-state index is 6.34. The first kappa shape index (κ1) is 21.7. The lowest BCUT2D eigenvalue weighted by Crippen LogP contribution is -2.55. The van der Waals surface area contributed by atoms with Crippen molar-refractivity contribution in [2.75, 3.05) is 54.4 Å². The van der Waals surface area contributed by atoms with Gasteiger partial charge in [-0.15, -0.1) is 0 Å². The molecular formula is C22H37N5O2. The minimum absolute atomic E-state index is 0.293. The number of nitrogens with zero attached hydrogens (tertiary/aromatic N) is 3. The minimum atomic E-state index is 0.293. The fourth-order valence-electron chi connectivity index (χ4n) is 4.10. The summed E-state index contributed by atoms with van der Waals surface area (Å²) in [5, 5.41) is 6.92. The number of methoxy groups -OCH3 is 1. The number of ether oxygens (including phenoxy) is 2. The van der Waals surface area contributed by atoms with Gasteiger partial charge in [0, 0.05) is 51.4 Å². The molecule has 0 spiro atoms. The molecule has 1 unspecified atom stereocenters. The molecule has 162 valence electrons. The lowest BCUT2D eigenvalue weighted by molar-refractivity contribution is 0.116. The van der Waals surface area contributed by atoms with Crippen LogP contribution in [0.25, 0.3) is 0 Å². The normalized spacial score (nSPS) is 21.9. The number of aliphatic imine (C=N–C) groups is 1. The summed E-state index contributed by atoms with van der Waals surface area (Å²) in [6.07, 6.45) is 5.03. The monoisotopic (exact) mass is 403 g/mol. The van der Waals surface area contributed by atoms with Gasteiger partial charge in [0.05, 0.1) is 13.2 Å². The van der Waals surface area contributed by atoms with E-state index in [1.807, 2.05) is 19.2 Å². The predicted octanol–water partition coefficient (Wildman–Crippen LogP) is 1.93. The Morgan fingerprint density at radius 2 is 1.97 bits per heavy atom. The Kier molecular flexibility index (Phi) is 8.00. The SMILES string of the molecule is CN=C(NCc1cccc(OC)c1OC1CCCC1)NCC1CN(C)CCN1C. The average Bonchev–Trinajstić information content (AvgIpc) is 3.24. The van der Waals surface area contributed by atoms with Crippen molar-refractivity contribution in [3.63, 3.8) is 0 Å². The highest BCUT2D eigenvalue weighted by atomic mass is 16.5. The van der Waals surface area contributed by atoms with Gasteiger partial charge in [-0.2, -0.15) is 0 Å². The zero-order chi connectivity index (χ0) is 20.6. The lowest BCUT2D eigenvalue weighted by atomic mass is 10.1. The Hall–Kier alpha value is -1.99. The van der Waals surface area contributed by atoms with Gasteiger partial charge in [-0.05, 0) is 45.8 Å². The first-order valence-corrected chi connectivity index (χ1v) is 10.8. The number of rotatable bonds is 7. The molecule has 0 radical (unpaired) electrons. The molecule has 0 amide bonds. The molecule has 1 saturated heterocycles. The molecule has 0 aromatic heterocycles. The summed E-state index contributed by atoms with van der Waals surface area (Å²) in [6, 6.07) is 6.55. The third kappa shape index (κ3) is 6.00. The first-order valence-electron chi connectivity index (χ1n) is 10.8. The molecule has 7 heteroatoms. The molecule has 29 heavy (non-hydrogen) atoms. The molecule has 2 aliphatic rings. The summed E-state index contributed by atoms with van der Waals surface area (Å²) in [4.78, 5) is 9.19. The molecule has 0 bridgehead atoms. The van der Waals surface area contributed by atoms with Crippen LogP contribution < -0.4 is 20.1 Å². The molecule has 1 saturated carbocycles. The number of hydrogen-bond donors (Lipinski definition) is 2. The fourth-order valence-corrected chi connectivity index (χ4v) is 4.10. The standard InChI is InChI=1S/C22H37N5O2/c1-23-22(25-15-18-16-26(2)12-13-27(18)3)24-14-17-8-7-11-20(28-4)21(17)29-19-9-5-6-10-19/h7-8,11,18-19H,5-6,9-10,12-16H2,1-4H3,(H2,23,24,25). The number of hydrogen-bond acceptors (Lipinski definition) is 5. The van der Waals surface area contributed by atoms with Gasteiger partial charge in [0.1, 0.15) is 0 Å². The number of para-hydroxylation sites is 1. The zero-order valence-electron chi connectivity index (χ0n) is 18.4. The summed E-state index contributed by atoms with van der Waals surface area (Å²) < 4.78 is 11.9. The van der Waals surface area contributed by atoms with Crippen molar-refractivity contribution in [3.05, 3.63) is 23.8 Å². The smallest absolute Gasteiger partial charge is 0.191 e. The van der Waals surface area contributed by atoms with Crippen LogP contribution in [0.4, 0.5) is 0 Å². The molecule has 1 atom stereocenters. The maximum Gasteiger partial charge on any atom is 0.191 e. The van der Waals surface area contributed by atoms with Crippen LogP contribution in [0.2, 0.25) is 0 Å². The van der Waals surface area contributed by atoms with E-state index >= 15 is 0 Å². The largest absolute Gasteiger partial charge is 0.493 e. The highest BCUT2D eigenvalue weighted by Gasteiger charge is 2.23. The van der Waals surface area contributed by atoms with Gasteiger partial charge in [0.15, 0.2) is 17.5 Å². The highest BCUT2D eigenvalue weighted by molar-refractivity contribution is 5.79. The van der Waals surface area contributed by atoms with Crippen molar-refractivity contribution in [2.45, 2.75) is 44.4 Å². The molecule has 2 fully saturated rings. The molecule has 1 aliphatic carbocycles. The van der Waals surface area contributed by atoms with Crippen LogP contribution in [0, 0.1) is 0 Å². The fraction of sp³-hybridized carbons (Fsp3) is 0.682. The van der Waals surface area contributed by atoms with E-state index in [-0.39, 0.29) is 0 Å². The summed E-state index contributed by atoms with van der Waals surface area (Å²) in [5.74, 6) is 2.46. The van der Waals surface area contributed by atoms with Gasteiger partial charge in [-0.25, -0.2) is 0 Å². The number of benzene rings is 1. The Morgan fingerprint density at radius 3 is 2.69 bits per heavy atom. The molecule has 1 aromatic rings. The summed E-state index contributed by atoms with van der Waals surface area (Å²) in [6.45, 7) is 4.79. The number of likely N-dealkylation sites (N-methyl/N-ethyl adjacent to an activating group) is 2. The van der Waals surface area contributed by atoms with Gasteiger partial charge in [-0.1, -0.05) is 12.1 Å². The quantitative estimate of drug-likeness (QED) is 0.536. The third-order valence-corrected chi connectivity index (χ3v) is 6.02. The molecule has 1 aromatic carbocycles. The van der Waals surface area contributed by atoms with E-state index in [9.17, 15) is 0 Å². The molecule has 1 aliphatic heterocycles. The Balaban J connectivity index is 1.58. The van der Waals surface area contributed by atoms with E-state index in [0.29, 0.717) is 18.7 Å². The van der Waals surface area contributed by atoms with E-state index in [1.165, 1.54) is 12.8 Å². The van der Waals surface area contributed by atoms with Crippen LogP contribution >= 0.6 is 0 Å². The summed E-state index contributed by atoms with van der Waals surface area (Å²) >= 11 is 0. The topological polar surface area (TPSA) is 61.4 Å². The van der Waals surface area contributed by atoms with E-state index < -0.39 is 0 Å². The molecular weight excluding hydrogens is 366 g/mol. The van der Waals surface area contributed by atoms with E-state index in [2.05, 4.69) is 45.6 Å². The van der Waals surface area contributed by atoms with E-state index in [4.69, 9.17) is 9.47 Å².